The van der Waals surface area contributed by atoms with Crippen molar-refractivity contribution in [3.05, 3.63) is 112 Å². The standard InChI is InChI=1S/C29H23ClF3N3O4/c1-28(40,29(31,32)33)18-4-8-20(9-5-18)35-24-13-3-17(15-23(24)27(38)39)26(37)25-14-12-22(16-34-25)36(2)21-10-6-19(30)7-11-21/h3-16,35,40H,1-2H3,(H,38,39). The monoisotopic (exact) mass is 569 g/mol. The minimum absolute atomic E-state index is 0.0887. The Morgan fingerprint density at radius 2 is 1.55 bits per heavy atom. The number of nitrogens with zero attached hydrogens (tertiary/aromatic N) is 2. The van der Waals surface area contributed by atoms with Crippen LogP contribution in [0.25, 0.3) is 0 Å². The Morgan fingerprint density at radius 1 is 0.925 bits per heavy atom. The van der Waals surface area contributed by atoms with Gasteiger partial charge in [-0.2, -0.15) is 13.2 Å². The number of halogens is 4. The fourth-order valence-corrected chi connectivity index (χ4v) is 3.98. The number of aliphatic hydroxyl groups is 1. The molecule has 0 amide bonds. The van der Waals surface area contributed by atoms with Gasteiger partial charge in [0.2, 0.25) is 5.78 Å². The number of rotatable bonds is 8. The molecule has 4 rings (SSSR count). The van der Waals surface area contributed by atoms with Crippen LogP contribution >= 0.6 is 11.6 Å². The van der Waals surface area contributed by atoms with Gasteiger partial charge < -0.3 is 20.4 Å². The van der Waals surface area contributed by atoms with Crippen LogP contribution in [0.1, 0.15) is 38.9 Å². The van der Waals surface area contributed by atoms with Gasteiger partial charge in [-0.05, 0) is 79.2 Å². The summed E-state index contributed by atoms with van der Waals surface area (Å²) >= 11 is 5.94. The number of carbonyl (C=O) groups is 2. The summed E-state index contributed by atoms with van der Waals surface area (Å²) in [5, 5.41) is 23.0. The molecule has 7 nitrogen and oxygen atoms in total. The zero-order valence-corrected chi connectivity index (χ0v) is 22.0. The van der Waals surface area contributed by atoms with Crippen molar-refractivity contribution in [3.8, 4) is 0 Å². The van der Waals surface area contributed by atoms with Crippen molar-refractivity contribution in [3.63, 3.8) is 0 Å². The molecule has 0 aliphatic rings. The van der Waals surface area contributed by atoms with Gasteiger partial charge in [-0.15, -0.1) is 0 Å². The smallest absolute Gasteiger partial charge is 0.421 e. The number of nitrogens with one attached hydrogen (secondary N) is 1. The average Bonchev–Trinajstić information content (AvgIpc) is 2.92. The number of benzene rings is 3. The first-order valence-electron chi connectivity index (χ1n) is 11.8. The molecule has 1 atom stereocenters. The van der Waals surface area contributed by atoms with E-state index in [4.69, 9.17) is 11.6 Å². The van der Waals surface area contributed by atoms with E-state index < -0.39 is 23.5 Å². The lowest BCUT2D eigenvalue weighted by Crippen LogP contribution is -2.39. The molecule has 11 heteroatoms. The average molecular weight is 570 g/mol. The van der Waals surface area contributed by atoms with Crippen LogP contribution in [0.3, 0.4) is 0 Å². The predicted molar refractivity (Wildman–Crippen MR) is 146 cm³/mol. The normalized spacial score (nSPS) is 12.9. The summed E-state index contributed by atoms with van der Waals surface area (Å²) in [5.74, 6) is -1.81. The van der Waals surface area contributed by atoms with Crippen molar-refractivity contribution >= 4 is 46.1 Å². The molecule has 3 aromatic carbocycles. The van der Waals surface area contributed by atoms with E-state index in [1.54, 1.807) is 18.2 Å². The van der Waals surface area contributed by atoms with Gasteiger partial charge in [0.25, 0.3) is 0 Å². The van der Waals surface area contributed by atoms with E-state index in [2.05, 4.69) is 10.3 Å². The third kappa shape index (κ3) is 5.93. The van der Waals surface area contributed by atoms with E-state index in [-0.39, 0.29) is 33.8 Å². The first kappa shape index (κ1) is 28.6. The number of aromatic carboxylic acids is 1. The number of ketones is 1. The van der Waals surface area contributed by atoms with Gasteiger partial charge >= 0.3 is 12.1 Å². The van der Waals surface area contributed by atoms with Crippen molar-refractivity contribution < 1.29 is 33.0 Å². The van der Waals surface area contributed by atoms with E-state index in [0.717, 1.165) is 17.8 Å². The first-order valence-corrected chi connectivity index (χ1v) is 12.2. The zero-order chi connectivity index (χ0) is 29.2. The minimum atomic E-state index is -4.87. The van der Waals surface area contributed by atoms with Crippen LogP contribution < -0.4 is 10.2 Å². The largest absolute Gasteiger partial charge is 0.478 e. The van der Waals surface area contributed by atoms with Crippen molar-refractivity contribution in [2.45, 2.75) is 18.7 Å². The molecule has 40 heavy (non-hydrogen) atoms. The molecule has 0 aliphatic carbocycles. The topological polar surface area (TPSA) is 103 Å². The minimum Gasteiger partial charge on any atom is -0.478 e. The summed E-state index contributed by atoms with van der Waals surface area (Å²) in [6, 6.07) is 19.2. The Balaban J connectivity index is 1.53. The van der Waals surface area contributed by atoms with Crippen LogP contribution in [-0.4, -0.2) is 40.2 Å². The molecule has 0 radical (unpaired) electrons. The highest BCUT2D eigenvalue weighted by Crippen LogP contribution is 2.39. The molecule has 0 spiro atoms. The molecule has 0 bridgehead atoms. The van der Waals surface area contributed by atoms with E-state index in [1.165, 1.54) is 42.6 Å². The number of carbonyl (C=O) groups excluding carboxylic acids is 1. The van der Waals surface area contributed by atoms with Crippen molar-refractivity contribution in [2.24, 2.45) is 0 Å². The molecule has 0 aliphatic heterocycles. The van der Waals surface area contributed by atoms with Crippen LogP contribution in [0.4, 0.5) is 35.9 Å². The zero-order valence-electron chi connectivity index (χ0n) is 21.2. The Hall–Kier alpha value is -4.41. The lowest BCUT2D eigenvalue weighted by molar-refractivity contribution is -0.258. The third-order valence-electron chi connectivity index (χ3n) is 6.37. The number of alkyl halides is 3. The molecule has 206 valence electrons. The second kappa shape index (κ2) is 11.0. The van der Waals surface area contributed by atoms with Crippen molar-refractivity contribution in [1.29, 1.82) is 0 Å². The Labute approximate surface area is 232 Å². The molecule has 1 heterocycles. The number of aromatic nitrogens is 1. The summed E-state index contributed by atoms with van der Waals surface area (Å²) < 4.78 is 39.3. The van der Waals surface area contributed by atoms with Crippen LogP contribution in [0, 0.1) is 0 Å². The Kier molecular flexibility index (Phi) is 7.86. The highest BCUT2D eigenvalue weighted by atomic mass is 35.5. The summed E-state index contributed by atoms with van der Waals surface area (Å²) in [7, 11) is 1.83. The van der Waals surface area contributed by atoms with Gasteiger partial charge in [-0.3, -0.25) is 9.78 Å². The lowest BCUT2D eigenvalue weighted by Gasteiger charge is -2.26. The molecule has 0 saturated heterocycles. The van der Waals surface area contributed by atoms with Crippen molar-refractivity contribution in [2.75, 3.05) is 17.3 Å². The molecule has 4 aromatic rings. The van der Waals surface area contributed by atoms with Crippen LogP contribution in [0.15, 0.2) is 85.1 Å². The summed E-state index contributed by atoms with van der Waals surface area (Å²) in [6.45, 7) is 0.647. The quantitative estimate of drug-likeness (QED) is 0.197. The summed E-state index contributed by atoms with van der Waals surface area (Å²) in [6.07, 6.45) is -3.35. The first-order chi connectivity index (χ1) is 18.8. The summed E-state index contributed by atoms with van der Waals surface area (Å²) in [4.78, 5) is 31.1. The number of pyridine rings is 1. The van der Waals surface area contributed by atoms with Crippen LogP contribution in [0.2, 0.25) is 5.02 Å². The maximum absolute atomic E-state index is 13.1. The fourth-order valence-electron chi connectivity index (χ4n) is 3.85. The molecule has 0 saturated carbocycles. The number of anilines is 4. The lowest BCUT2D eigenvalue weighted by atomic mass is 9.95. The number of carboxylic acids is 1. The van der Waals surface area contributed by atoms with Crippen molar-refractivity contribution in [1.82, 2.24) is 4.98 Å². The second-order valence-electron chi connectivity index (χ2n) is 9.10. The third-order valence-corrected chi connectivity index (χ3v) is 6.62. The molecule has 1 aromatic heterocycles. The molecule has 1 unspecified atom stereocenters. The Morgan fingerprint density at radius 3 is 2.10 bits per heavy atom. The predicted octanol–water partition coefficient (Wildman–Crippen LogP) is 6.95. The van der Waals surface area contributed by atoms with Gasteiger partial charge in [-0.1, -0.05) is 23.7 Å². The van der Waals surface area contributed by atoms with Gasteiger partial charge in [0.15, 0.2) is 5.60 Å². The molecular formula is C29H23ClF3N3O4. The number of carboxylic acid groups (broad SMARTS) is 1. The molecule has 0 fully saturated rings. The van der Waals surface area contributed by atoms with Gasteiger partial charge in [-0.25, -0.2) is 4.79 Å². The van der Waals surface area contributed by atoms with E-state index >= 15 is 0 Å². The SMILES string of the molecule is CN(c1ccc(Cl)cc1)c1ccc(C(=O)c2ccc(Nc3ccc(C(C)(O)C(F)(F)F)cc3)c(C(=O)O)c2)nc1. The fraction of sp³-hybridized carbons (Fsp3) is 0.138. The van der Waals surface area contributed by atoms with E-state index in [0.29, 0.717) is 17.6 Å². The van der Waals surface area contributed by atoms with Gasteiger partial charge in [0, 0.05) is 29.0 Å². The number of hydrogen-bond donors (Lipinski definition) is 3. The van der Waals surface area contributed by atoms with Crippen LogP contribution in [-0.2, 0) is 5.60 Å². The van der Waals surface area contributed by atoms with E-state index in [1.807, 2.05) is 24.1 Å². The van der Waals surface area contributed by atoms with Gasteiger partial charge in [0.05, 0.1) is 23.1 Å². The van der Waals surface area contributed by atoms with Gasteiger partial charge in [0.1, 0.15) is 5.69 Å². The maximum Gasteiger partial charge on any atom is 0.421 e. The molecular weight excluding hydrogens is 547 g/mol. The molecule has 3 N–H and O–H groups in total. The highest BCUT2D eigenvalue weighted by Gasteiger charge is 2.51. The Bertz CT molecular complexity index is 1540. The summed E-state index contributed by atoms with van der Waals surface area (Å²) in [5.41, 5.74) is -1.47. The maximum atomic E-state index is 13.1. The van der Waals surface area contributed by atoms with E-state index in [9.17, 15) is 33.0 Å². The number of hydrogen-bond acceptors (Lipinski definition) is 6. The highest BCUT2D eigenvalue weighted by molar-refractivity contribution is 6.30. The van der Waals surface area contributed by atoms with Crippen LogP contribution in [0.5, 0.6) is 0 Å². The second-order valence-corrected chi connectivity index (χ2v) is 9.54.